The van der Waals surface area contributed by atoms with Crippen LogP contribution in [0.5, 0.6) is 0 Å². The molecule has 32 heavy (non-hydrogen) atoms. The van der Waals surface area contributed by atoms with E-state index in [1.807, 2.05) is 37.3 Å². The number of rotatable bonds is 7. The third kappa shape index (κ3) is 5.90. The number of benzene rings is 3. The van der Waals surface area contributed by atoms with Crippen molar-refractivity contribution in [2.45, 2.75) is 38.1 Å². The highest BCUT2D eigenvalue weighted by Gasteiger charge is 2.28. The predicted octanol–water partition coefficient (Wildman–Crippen LogP) is 5.45. The molecule has 0 spiro atoms. The fourth-order valence-corrected chi connectivity index (χ4v) is 5.79. The second-order valence-corrected chi connectivity index (χ2v) is 10.2. The van der Waals surface area contributed by atoms with Crippen molar-refractivity contribution in [1.82, 2.24) is 4.72 Å². The minimum absolute atomic E-state index is 0.168. The minimum Gasteiger partial charge on any atom is -0.323 e. The van der Waals surface area contributed by atoms with Crippen molar-refractivity contribution in [3.05, 3.63) is 93.0 Å². The van der Waals surface area contributed by atoms with E-state index in [1.165, 1.54) is 6.07 Å². The van der Waals surface area contributed by atoms with E-state index in [9.17, 15) is 13.2 Å². The maximum absolute atomic E-state index is 13.3. The number of hydrogen-bond acceptors (Lipinski definition) is 3. The quantitative estimate of drug-likeness (QED) is 0.462. The van der Waals surface area contributed by atoms with Crippen LogP contribution in [-0.4, -0.2) is 20.4 Å². The molecule has 168 valence electrons. The van der Waals surface area contributed by atoms with Crippen LogP contribution in [0.3, 0.4) is 0 Å². The lowest BCUT2D eigenvalue weighted by atomic mass is 10.1. The van der Waals surface area contributed by atoms with Crippen LogP contribution < -0.4 is 10.0 Å². The zero-order valence-electron chi connectivity index (χ0n) is 17.9. The molecule has 0 fully saturated rings. The van der Waals surface area contributed by atoms with Gasteiger partial charge in [0, 0.05) is 5.02 Å². The van der Waals surface area contributed by atoms with Gasteiger partial charge >= 0.3 is 0 Å². The van der Waals surface area contributed by atoms with Crippen LogP contribution in [0, 0.1) is 20.8 Å². The van der Waals surface area contributed by atoms with Gasteiger partial charge in [-0.1, -0.05) is 71.2 Å². The predicted molar refractivity (Wildman–Crippen MR) is 130 cm³/mol. The van der Waals surface area contributed by atoms with Crippen molar-refractivity contribution in [3.63, 3.8) is 0 Å². The Morgan fingerprint density at radius 3 is 2.16 bits per heavy atom. The first-order chi connectivity index (χ1) is 15.1. The number of carbonyl (C=O) groups is 1. The van der Waals surface area contributed by atoms with Crippen LogP contribution in [0.1, 0.15) is 22.3 Å². The molecule has 0 aliphatic rings. The highest BCUT2D eigenvalue weighted by atomic mass is 35.5. The van der Waals surface area contributed by atoms with Crippen LogP contribution in [0.4, 0.5) is 5.69 Å². The lowest BCUT2D eigenvalue weighted by Crippen LogP contribution is -2.45. The Labute approximate surface area is 198 Å². The summed E-state index contributed by atoms with van der Waals surface area (Å²) in [6.07, 6.45) is 0.168. The van der Waals surface area contributed by atoms with E-state index in [1.54, 1.807) is 38.1 Å². The summed E-state index contributed by atoms with van der Waals surface area (Å²) < 4.78 is 29.2. The van der Waals surface area contributed by atoms with Gasteiger partial charge in [-0.25, -0.2) is 8.42 Å². The molecule has 0 radical (unpaired) electrons. The number of nitrogens with one attached hydrogen (secondary N) is 2. The summed E-state index contributed by atoms with van der Waals surface area (Å²) in [6.45, 7) is 5.40. The van der Waals surface area contributed by atoms with Crippen molar-refractivity contribution in [3.8, 4) is 0 Å². The van der Waals surface area contributed by atoms with E-state index in [0.717, 1.165) is 11.1 Å². The molecule has 2 N–H and O–H groups in total. The van der Waals surface area contributed by atoms with Gasteiger partial charge in [0.25, 0.3) is 0 Å². The first-order valence-electron chi connectivity index (χ1n) is 9.97. The molecule has 3 aromatic carbocycles. The number of halogens is 2. The first-order valence-corrected chi connectivity index (χ1v) is 12.2. The summed E-state index contributed by atoms with van der Waals surface area (Å²) in [5.74, 6) is -0.524. The topological polar surface area (TPSA) is 75.3 Å². The van der Waals surface area contributed by atoms with E-state index >= 15 is 0 Å². The van der Waals surface area contributed by atoms with Gasteiger partial charge in [0.15, 0.2) is 0 Å². The van der Waals surface area contributed by atoms with Gasteiger partial charge in [0.2, 0.25) is 15.9 Å². The first kappa shape index (κ1) is 24.3. The lowest BCUT2D eigenvalue weighted by Gasteiger charge is -2.21. The molecular formula is C24H24Cl2N2O3S. The number of amides is 1. The van der Waals surface area contributed by atoms with E-state index in [0.29, 0.717) is 21.8 Å². The molecule has 0 saturated heterocycles. The SMILES string of the molecule is Cc1cc(C)c(S(=O)(=O)N[C@@H](Cc2ccccc2)C(=O)Nc2ccc(Cl)cc2Cl)c(C)c1. The van der Waals surface area contributed by atoms with Gasteiger partial charge < -0.3 is 5.32 Å². The summed E-state index contributed by atoms with van der Waals surface area (Å²) in [4.78, 5) is 13.3. The Hall–Kier alpha value is -2.38. The third-order valence-corrected chi connectivity index (χ3v) is 7.28. The average molecular weight is 491 g/mol. The lowest BCUT2D eigenvalue weighted by molar-refractivity contribution is -0.117. The van der Waals surface area contributed by atoms with Gasteiger partial charge in [0.05, 0.1) is 15.6 Å². The molecule has 0 aromatic heterocycles. The Morgan fingerprint density at radius 2 is 1.56 bits per heavy atom. The molecule has 0 bridgehead atoms. The molecule has 1 atom stereocenters. The Morgan fingerprint density at radius 1 is 0.938 bits per heavy atom. The largest absolute Gasteiger partial charge is 0.323 e. The molecule has 0 aliphatic carbocycles. The van der Waals surface area contributed by atoms with E-state index in [-0.39, 0.29) is 16.3 Å². The van der Waals surface area contributed by atoms with Crippen LogP contribution >= 0.6 is 23.2 Å². The second kappa shape index (κ2) is 10.0. The maximum atomic E-state index is 13.3. The molecular weight excluding hydrogens is 467 g/mol. The fourth-order valence-electron chi connectivity index (χ4n) is 3.69. The summed E-state index contributed by atoms with van der Waals surface area (Å²) >= 11 is 12.1. The maximum Gasteiger partial charge on any atom is 0.242 e. The van der Waals surface area contributed by atoms with Crippen LogP contribution in [0.15, 0.2) is 65.6 Å². The Balaban J connectivity index is 1.94. The molecule has 0 aliphatic heterocycles. The summed E-state index contributed by atoms with van der Waals surface area (Å²) in [6, 6.07) is 16.4. The number of sulfonamides is 1. The van der Waals surface area contributed by atoms with Crippen molar-refractivity contribution >= 4 is 44.8 Å². The van der Waals surface area contributed by atoms with Gasteiger partial charge in [-0.2, -0.15) is 4.72 Å². The monoisotopic (exact) mass is 490 g/mol. The molecule has 0 saturated carbocycles. The third-order valence-electron chi connectivity index (χ3n) is 4.96. The van der Waals surface area contributed by atoms with E-state index in [2.05, 4.69) is 10.0 Å². The molecule has 0 heterocycles. The number of hydrogen-bond donors (Lipinski definition) is 2. The molecule has 5 nitrogen and oxygen atoms in total. The summed E-state index contributed by atoms with van der Waals surface area (Å²) in [7, 11) is -3.98. The van der Waals surface area contributed by atoms with Crippen LogP contribution in [-0.2, 0) is 21.2 Å². The smallest absolute Gasteiger partial charge is 0.242 e. The Kier molecular flexibility index (Phi) is 7.62. The summed E-state index contributed by atoms with van der Waals surface area (Å²) in [5.41, 5.74) is 3.37. The molecule has 0 unspecified atom stereocenters. The Bertz CT molecular complexity index is 1220. The zero-order valence-corrected chi connectivity index (χ0v) is 20.3. The van der Waals surface area contributed by atoms with Crippen molar-refractivity contribution < 1.29 is 13.2 Å². The second-order valence-electron chi connectivity index (χ2n) is 7.70. The number of aryl methyl sites for hydroxylation is 3. The average Bonchev–Trinajstić information content (AvgIpc) is 2.69. The van der Waals surface area contributed by atoms with Crippen LogP contribution in [0.25, 0.3) is 0 Å². The molecule has 8 heteroatoms. The molecule has 3 rings (SSSR count). The number of anilines is 1. The van der Waals surface area contributed by atoms with E-state index < -0.39 is 22.0 Å². The van der Waals surface area contributed by atoms with Crippen molar-refractivity contribution in [2.24, 2.45) is 0 Å². The van der Waals surface area contributed by atoms with Crippen molar-refractivity contribution in [2.75, 3.05) is 5.32 Å². The standard InChI is InChI=1S/C24H24Cl2N2O3S/c1-15-11-16(2)23(17(3)12-15)32(30,31)28-22(13-18-7-5-4-6-8-18)24(29)27-21-10-9-19(25)14-20(21)26/h4-12,14,22,28H,13H2,1-3H3,(H,27,29)/t22-/m0/s1. The minimum atomic E-state index is -3.98. The molecule has 3 aromatic rings. The van der Waals surface area contributed by atoms with Crippen molar-refractivity contribution in [1.29, 1.82) is 0 Å². The highest BCUT2D eigenvalue weighted by molar-refractivity contribution is 7.89. The zero-order chi connectivity index (χ0) is 23.5. The van der Waals surface area contributed by atoms with Gasteiger partial charge in [-0.15, -0.1) is 0 Å². The fraction of sp³-hybridized carbons (Fsp3) is 0.208. The summed E-state index contributed by atoms with van der Waals surface area (Å²) in [5, 5.41) is 3.41. The van der Waals surface area contributed by atoms with Crippen LogP contribution in [0.2, 0.25) is 10.0 Å². The van der Waals surface area contributed by atoms with E-state index in [4.69, 9.17) is 23.2 Å². The van der Waals surface area contributed by atoms with Gasteiger partial charge in [-0.05, 0) is 62.1 Å². The molecule has 1 amide bonds. The van der Waals surface area contributed by atoms with Gasteiger partial charge in [0.1, 0.15) is 6.04 Å². The normalized spacial score (nSPS) is 12.4. The van der Waals surface area contributed by atoms with Gasteiger partial charge in [-0.3, -0.25) is 4.79 Å². The number of carbonyl (C=O) groups excluding carboxylic acids is 1. The highest BCUT2D eigenvalue weighted by Crippen LogP contribution is 2.26.